The van der Waals surface area contributed by atoms with Gasteiger partial charge in [0, 0.05) is 28.9 Å². The van der Waals surface area contributed by atoms with Crippen LogP contribution in [0, 0.1) is 13.8 Å². The van der Waals surface area contributed by atoms with E-state index in [1.54, 1.807) is 19.1 Å². The number of hydrogen-bond acceptors (Lipinski definition) is 8. The Kier molecular flexibility index (Phi) is 7.44. The van der Waals surface area contributed by atoms with Gasteiger partial charge in [-0.05, 0) is 50.1 Å². The molecule has 1 unspecified atom stereocenters. The number of aliphatic hydroxyl groups is 2. The molecule has 0 aliphatic carbocycles. The molecule has 0 saturated carbocycles. The second-order valence-electron chi connectivity index (χ2n) is 7.49. The molecule has 0 aliphatic heterocycles. The molecule has 2 aromatic heterocycles. The molecule has 0 spiro atoms. The van der Waals surface area contributed by atoms with Gasteiger partial charge in [-0.1, -0.05) is 23.7 Å². The van der Waals surface area contributed by atoms with E-state index in [0.29, 0.717) is 33.6 Å². The number of carbonyl (C=O) groups is 1. The van der Waals surface area contributed by atoms with Crippen LogP contribution in [-0.4, -0.2) is 50.1 Å². The van der Waals surface area contributed by atoms with Crippen LogP contribution in [0.3, 0.4) is 0 Å². The van der Waals surface area contributed by atoms with Crippen molar-refractivity contribution in [1.29, 1.82) is 0 Å². The van der Waals surface area contributed by atoms with E-state index in [9.17, 15) is 15.0 Å². The van der Waals surface area contributed by atoms with Gasteiger partial charge in [0.1, 0.15) is 18.5 Å². The lowest BCUT2D eigenvalue weighted by atomic mass is 10.1. The number of rotatable bonds is 9. The van der Waals surface area contributed by atoms with Crippen molar-refractivity contribution in [3.63, 3.8) is 0 Å². The van der Waals surface area contributed by atoms with Crippen molar-refractivity contribution in [2.45, 2.75) is 45.8 Å². The molecule has 2 heterocycles. The molecule has 2 atom stereocenters. The predicted molar refractivity (Wildman–Crippen MR) is 118 cm³/mol. The van der Waals surface area contributed by atoms with Gasteiger partial charge < -0.3 is 25.2 Å². The minimum Gasteiger partial charge on any atom is -0.489 e. The van der Waals surface area contributed by atoms with Crippen molar-refractivity contribution in [2.75, 3.05) is 6.61 Å². The number of amides is 1. The number of nitrogens with zero attached hydrogens (tertiary/aromatic N) is 3. The molecule has 0 radical (unpaired) electrons. The fraction of sp³-hybridized carbons (Fsp3) is 0.364. The Hall–Kier alpha value is -3.01. The predicted octanol–water partition coefficient (Wildman–Crippen LogP) is 2.61. The topological polar surface area (TPSA) is 145 Å². The van der Waals surface area contributed by atoms with Crippen LogP contribution in [0.1, 0.15) is 30.3 Å². The largest absolute Gasteiger partial charge is 0.489 e. The maximum atomic E-state index is 10.9. The third kappa shape index (κ3) is 5.61. The number of pyridine rings is 1. The summed E-state index contributed by atoms with van der Waals surface area (Å²) in [5.41, 5.74) is 8.91. The van der Waals surface area contributed by atoms with E-state index in [-0.39, 0.29) is 13.0 Å². The molecule has 1 amide bonds. The van der Waals surface area contributed by atoms with Crippen molar-refractivity contribution in [2.24, 2.45) is 5.73 Å². The van der Waals surface area contributed by atoms with Gasteiger partial charge in [-0.2, -0.15) is 4.98 Å². The first-order chi connectivity index (χ1) is 15.2. The van der Waals surface area contributed by atoms with Crippen LogP contribution in [0.5, 0.6) is 5.75 Å². The van der Waals surface area contributed by atoms with Crippen molar-refractivity contribution in [3.8, 4) is 28.6 Å². The van der Waals surface area contributed by atoms with Gasteiger partial charge >= 0.3 is 0 Å². The summed E-state index contributed by atoms with van der Waals surface area (Å²) in [6, 6.07) is 7.22. The molecule has 0 fully saturated rings. The summed E-state index contributed by atoms with van der Waals surface area (Å²) in [5.74, 6) is 0.207. The molecule has 1 aromatic carbocycles. The Morgan fingerprint density at radius 2 is 1.94 bits per heavy atom. The molecule has 3 rings (SSSR count). The normalized spacial score (nSPS) is 13.1. The van der Waals surface area contributed by atoms with Gasteiger partial charge in [-0.3, -0.25) is 9.78 Å². The van der Waals surface area contributed by atoms with Crippen LogP contribution in [0.4, 0.5) is 0 Å². The minimum atomic E-state index is -1.45. The highest BCUT2D eigenvalue weighted by molar-refractivity contribution is 6.32. The number of aromatic nitrogens is 3. The Bertz CT molecular complexity index is 1090. The summed E-state index contributed by atoms with van der Waals surface area (Å²) in [5, 5.41) is 23.8. The number of aliphatic hydroxyl groups excluding tert-OH is 2. The van der Waals surface area contributed by atoms with Crippen LogP contribution in [0.25, 0.3) is 22.8 Å². The Balaban J connectivity index is 1.77. The average Bonchev–Trinajstić information content (AvgIpc) is 3.22. The third-order valence-electron chi connectivity index (χ3n) is 4.77. The third-order valence-corrected chi connectivity index (χ3v) is 5.05. The lowest BCUT2D eigenvalue weighted by molar-refractivity contribution is -0.127. The summed E-state index contributed by atoms with van der Waals surface area (Å²) in [7, 11) is 0. The second-order valence-corrected chi connectivity index (χ2v) is 7.90. The molecular formula is C22H25ClN4O5. The van der Waals surface area contributed by atoms with Gasteiger partial charge in [0.15, 0.2) is 0 Å². The molecule has 0 saturated heterocycles. The van der Waals surface area contributed by atoms with E-state index in [0.717, 1.165) is 23.4 Å². The summed E-state index contributed by atoms with van der Waals surface area (Å²) in [6.45, 7) is 5.55. The number of nitrogens with two attached hydrogens (primary N) is 1. The molecule has 170 valence electrons. The van der Waals surface area contributed by atoms with E-state index in [1.807, 2.05) is 26.0 Å². The fourth-order valence-electron chi connectivity index (χ4n) is 3.16. The van der Waals surface area contributed by atoms with E-state index in [1.165, 1.54) is 0 Å². The summed E-state index contributed by atoms with van der Waals surface area (Å²) < 4.78 is 11.0. The Labute approximate surface area is 190 Å². The Morgan fingerprint density at radius 3 is 2.59 bits per heavy atom. The first kappa shape index (κ1) is 23.6. The number of benzene rings is 1. The van der Waals surface area contributed by atoms with E-state index in [2.05, 4.69) is 15.1 Å². The molecule has 0 bridgehead atoms. The molecule has 4 N–H and O–H groups in total. The number of primary amides is 1. The smallest absolute Gasteiger partial charge is 0.258 e. The van der Waals surface area contributed by atoms with E-state index in [4.69, 9.17) is 26.6 Å². The molecule has 0 aliphatic rings. The summed E-state index contributed by atoms with van der Waals surface area (Å²) in [4.78, 5) is 19.8. The highest BCUT2D eigenvalue weighted by Crippen LogP contribution is 2.34. The van der Waals surface area contributed by atoms with Gasteiger partial charge in [-0.25, -0.2) is 0 Å². The van der Waals surface area contributed by atoms with Crippen LogP contribution < -0.4 is 10.5 Å². The summed E-state index contributed by atoms with van der Waals surface area (Å²) in [6.07, 6.45) is -1.98. The zero-order valence-electron chi connectivity index (χ0n) is 18.0. The molecule has 32 heavy (non-hydrogen) atoms. The minimum absolute atomic E-state index is 0.169. The lowest BCUT2D eigenvalue weighted by Crippen LogP contribution is -2.33. The zero-order valence-corrected chi connectivity index (χ0v) is 18.8. The van der Waals surface area contributed by atoms with Crippen molar-refractivity contribution in [3.05, 3.63) is 46.2 Å². The van der Waals surface area contributed by atoms with Crippen molar-refractivity contribution in [1.82, 2.24) is 15.1 Å². The van der Waals surface area contributed by atoms with Gasteiger partial charge in [-0.15, -0.1) is 0 Å². The van der Waals surface area contributed by atoms with Crippen molar-refractivity contribution >= 4 is 17.5 Å². The van der Waals surface area contributed by atoms with Gasteiger partial charge in [0.25, 0.3) is 5.89 Å². The SMILES string of the molecule is CCc1cc(-c2nc(-c3cc(C)c(OC[C@@H](O)CC(O)C(N)=O)c(Cl)c3)no2)cc(C)n1. The number of aryl methyl sites for hydroxylation is 3. The highest BCUT2D eigenvalue weighted by atomic mass is 35.5. The number of carbonyl (C=O) groups excluding carboxylic acids is 1. The monoisotopic (exact) mass is 460 g/mol. The average molecular weight is 461 g/mol. The molecular weight excluding hydrogens is 436 g/mol. The van der Waals surface area contributed by atoms with Crippen LogP contribution in [0.15, 0.2) is 28.8 Å². The molecule has 9 nitrogen and oxygen atoms in total. The highest BCUT2D eigenvalue weighted by Gasteiger charge is 2.19. The van der Waals surface area contributed by atoms with Crippen LogP contribution in [-0.2, 0) is 11.2 Å². The first-order valence-corrected chi connectivity index (χ1v) is 10.5. The maximum absolute atomic E-state index is 10.9. The Morgan fingerprint density at radius 1 is 1.19 bits per heavy atom. The van der Waals surface area contributed by atoms with Crippen LogP contribution in [0.2, 0.25) is 5.02 Å². The maximum Gasteiger partial charge on any atom is 0.258 e. The number of halogens is 1. The van der Waals surface area contributed by atoms with E-state index < -0.39 is 18.1 Å². The second kappa shape index (κ2) is 10.1. The lowest BCUT2D eigenvalue weighted by Gasteiger charge is -2.16. The van der Waals surface area contributed by atoms with E-state index >= 15 is 0 Å². The number of hydrogen-bond donors (Lipinski definition) is 3. The first-order valence-electron chi connectivity index (χ1n) is 10.1. The van der Waals surface area contributed by atoms with Gasteiger partial charge in [0.05, 0.1) is 11.1 Å². The molecule has 10 heteroatoms. The number of ether oxygens (including phenoxy) is 1. The molecule has 3 aromatic rings. The standard InChI is InChI=1S/C22H25ClN4O5/c1-4-15-7-14(6-12(3)25-15)22-26-21(27-32-22)13-5-11(2)19(17(23)8-13)31-10-16(28)9-18(29)20(24)30/h5-8,16,18,28-29H,4,9-10H2,1-3H3,(H2,24,30)/t16-,18?/m0/s1. The zero-order chi connectivity index (χ0) is 23.4. The van der Waals surface area contributed by atoms with Crippen molar-refractivity contribution < 1.29 is 24.3 Å². The quantitative estimate of drug-likeness (QED) is 0.441. The summed E-state index contributed by atoms with van der Waals surface area (Å²) >= 11 is 6.38. The van der Waals surface area contributed by atoms with Crippen LogP contribution >= 0.6 is 11.6 Å². The van der Waals surface area contributed by atoms with Gasteiger partial charge in [0.2, 0.25) is 11.7 Å². The fourth-order valence-corrected chi connectivity index (χ4v) is 3.49.